The van der Waals surface area contributed by atoms with Gasteiger partial charge in [0.2, 0.25) is 5.43 Å². The summed E-state index contributed by atoms with van der Waals surface area (Å²) in [6.45, 7) is 0. The van der Waals surface area contributed by atoms with Crippen molar-refractivity contribution in [3.63, 3.8) is 0 Å². The van der Waals surface area contributed by atoms with Gasteiger partial charge in [0.15, 0.2) is 0 Å². The zero-order valence-corrected chi connectivity index (χ0v) is 10.3. The number of carbonyl (C=O) groups is 1. The van der Waals surface area contributed by atoms with E-state index in [1.165, 1.54) is 6.20 Å². The van der Waals surface area contributed by atoms with Gasteiger partial charge in [0.25, 0.3) is 0 Å². The molecule has 1 aromatic heterocycles. The average molecular weight is 253 g/mol. The maximum atomic E-state index is 12.3. The van der Waals surface area contributed by atoms with Crippen molar-refractivity contribution in [3.8, 4) is 0 Å². The Morgan fingerprint density at radius 3 is 2.63 bits per heavy atom. The third kappa shape index (κ3) is 1.61. The molecule has 0 amide bonds. The molecule has 0 aliphatic heterocycles. The Balaban J connectivity index is 2.64. The Morgan fingerprint density at radius 1 is 1.16 bits per heavy atom. The number of pyridine rings is 1. The first-order chi connectivity index (χ1) is 9.09. The highest BCUT2D eigenvalue weighted by Crippen LogP contribution is 2.22. The minimum atomic E-state index is -1.20. The van der Waals surface area contributed by atoms with Crippen LogP contribution in [0.5, 0.6) is 0 Å². The fraction of sp³-hybridized carbons (Fsp3) is 0.0667. The predicted molar refractivity (Wildman–Crippen MR) is 73.7 cm³/mol. The van der Waals surface area contributed by atoms with E-state index in [0.717, 1.165) is 16.3 Å². The number of benzene rings is 2. The molecule has 19 heavy (non-hydrogen) atoms. The molecule has 94 valence electrons. The number of hydrogen-bond donors (Lipinski definition) is 1. The van der Waals surface area contributed by atoms with E-state index in [9.17, 15) is 9.59 Å². The molecule has 0 spiro atoms. The summed E-state index contributed by atoms with van der Waals surface area (Å²) in [5.41, 5.74) is 0.0949. The molecule has 2 aromatic carbocycles. The standard InChI is InChI=1S/C15H11NO3/c1-16-8-11(15(18)19)14(17)13-10-5-3-2-4-9(10)6-7-12(13)16/h2-8H,1H3,(H,18,19). The topological polar surface area (TPSA) is 59.3 Å². The van der Waals surface area contributed by atoms with E-state index in [1.807, 2.05) is 36.4 Å². The van der Waals surface area contributed by atoms with Crippen molar-refractivity contribution in [2.45, 2.75) is 0 Å². The summed E-state index contributed by atoms with van der Waals surface area (Å²) in [5.74, 6) is -1.20. The van der Waals surface area contributed by atoms with Crippen LogP contribution < -0.4 is 5.43 Å². The third-order valence-corrected chi connectivity index (χ3v) is 3.31. The van der Waals surface area contributed by atoms with Crippen molar-refractivity contribution in [1.82, 2.24) is 4.57 Å². The summed E-state index contributed by atoms with van der Waals surface area (Å²) in [6.07, 6.45) is 1.36. The van der Waals surface area contributed by atoms with Crippen molar-refractivity contribution < 1.29 is 9.90 Å². The second kappa shape index (κ2) is 3.95. The van der Waals surface area contributed by atoms with Crippen LogP contribution in [0.25, 0.3) is 21.7 Å². The lowest BCUT2D eigenvalue weighted by Crippen LogP contribution is -2.18. The predicted octanol–water partition coefficient (Wildman–Crippen LogP) is 2.39. The minimum absolute atomic E-state index is 0.202. The molecule has 4 heteroatoms. The van der Waals surface area contributed by atoms with Gasteiger partial charge in [0.1, 0.15) is 5.56 Å². The molecule has 3 rings (SSSR count). The van der Waals surface area contributed by atoms with Crippen molar-refractivity contribution in [1.29, 1.82) is 0 Å². The number of fused-ring (bicyclic) bond motifs is 3. The van der Waals surface area contributed by atoms with E-state index in [1.54, 1.807) is 11.6 Å². The fourth-order valence-corrected chi connectivity index (χ4v) is 2.40. The highest BCUT2D eigenvalue weighted by molar-refractivity contribution is 6.08. The van der Waals surface area contributed by atoms with Gasteiger partial charge < -0.3 is 9.67 Å². The minimum Gasteiger partial charge on any atom is -0.477 e. The van der Waals surface area contributed by atoms with E-state index >= 15 is 0 Å². The number of carboxylic acids is 1. The number of aromatic carboxylic acids is 1. The van der Waals surface area contributed by atoms with Crippen LogP contribution in [0.1, 0.15) is 10.4 Å². The number of carboxylic acid groups (broad SMARTS) is 1. The van der Waals surface area contributed by atoms with E-state index in [0.29, 0.717) is 5.39 Å². The second-order valence-electron chi connectivity index (χ2n) is 4.47. The largest absolute Gasteiger partial charge is 0.477 e. The highest BCUT2D eigenvalue weighted by Gasteiger charge is 2.14. The van der Waals surface area contributed by atoms with Crippen LogP contribution in [0.4, 0.5) is 0 Å². The molecule has 0 unspecified atom stereocenters. The Hall–Kier alpha value is -2.62. The zero-order chi connectivity index (χ0) is 13.6. The maximum absolute atomic E-state index is 12.3. The maximum Gasteiger partial charge on any atom is 0.341 e. The lowest BCUT2D eigenvalue weighted by Gasteiger charge is -2.09. The normalized spacial score (nSPS) is 11.0. The average Bonchev–Trinajstić information content (AvgIpc) is 2.41. The monoisotopic (exact) mass is 253 g/mol. The van der Waals surface area contributed by atoms with Crippen LogP contribution in [0, 0.1) is 0 Å². The quantitative estimate of drug-likeness (QED) is 0.677. The van der Waals surface area contributed by atoms with Gasteiger partial charge in [0, 0.05) is 13.2 Å². The first kappa shape index (κ1) is 11.5. The number of aryl methyl sites for hydroxylation is 1. The van der Waals surface area contributed by atoms with Crippen molar-refractivity contribution in [3.05, 3.63) is 58.4 Å². The number of aromatic nitrogens is 1. The van der Waals surface area contributed by atoms with Gasteiger partial charge in [-0.1, -0.05) is 30.3 Å². The van der Waals surface area contributed by atoms with Gasteiger partial charge in [-0.05, 0) is 16.8 Å². The molecular weight excluding hydrogens is 242 g/mol. The Labute approximate surface area is 108 Å². The first-order valence-electron chi connectivity index (χ1n) is 5.84. The molecule has 4 nitrogen and oxygen atoms in total. The summed E-state index contributed by atoms with van der Waals surface area (Å²) in [4.78, 5) is 23.5. The molecular formula is C15H11NO3. The molecule has 0 fully saturated rings. The third-order valence-electron chi connectivity index (χ3n) is 3.31. The second-order valence-corrected chi connectivity index (χ2v) is 4.47. The molecule has 0 bridgehead atoms. The Bertz CT molecular complexity index is 878. The Morgan fingerprint density at radius 2 is 1.89 bits per heavy atom. The molecule has 0 atom stereocenters. The van der Waals surface area contributed by atoms with E-state index in [-0.39, 0.29) is 5.56 Å². The van der Waals surface area contributed by atoms with Crippen LogP contribution >= 0.6 is 0 Å². The molecule has 3 aromatic rings. The molecule has 0 saturated carbocycles. The van der Waals surface area contributed by atoms with Gasteiger partial charge in [0.05, 0.1) is 10.9 Å². The van der Waals surface area contributed by atoms with Crippen molar-refractivity contribution in [2.75, 3.05) is 0 Å². The van der Waals surface area contributed by atoms with Crippen LogP contribution in [-0.2, 0) is 7.05 Å². The van der Waals surface area contributed by atoms with Gasteiger partial charge in [-0.25, -0.2) is 4.79 Å². The molecule has 0 radical (unpaired) electrons. The van der Waals surface area contributed by atoms with Crippen molar-refractivity contribution in [2.24, 2.45) is 7.05 Å². The molecule has 0 aliphatic rings. The van der Waals surface area contributed by atoms with E-state index in [2.05, 4.69) is 0 Å². The highest BCUT2D eigenvalue weighted by atomic mass is 16.4. The molecule has 1 heterocycles. The fourth-order valence-electron chi connectivity index (χ4n) is 2.40. The summed E-state index contributed by atoms with van der Waals surface area (Å²) in [7, 11) is 1.74. The van der Waals surface area contributed by atoms with E-state index < -0.39 is 11.4 Å². The molecule has 1 N–H and O–H groups in total. The van der Waals surface area contributed by atoms with E-state index in [4.69, 9.17) is 5.11 Å². The van der Waals surface area contributed by atoms with Gasteiger partial charge >= 0.3 is 5.97 Å². The van der Waals surface area contributed by atoms with Gasteiger partial charge in [-0.2, -0.15) is 0 Å². The molecule has 0 saturated heterocycles. The number of nitrogens with zero attached hydrogens (tertiary/aromatic N) is 1. The summed E-state index contributed by atoms with van der Waals surface area (Å²) >= 11 is 0. The van der Waals surface area contributed by atoms with Crippen LogP contribution in [0.15, 0.2) is 47.4 Å². The van der Waals surface area contributed by atoms with Crippen molar-refractivity contribution >= 4 is 27.6 Å². The SMILES string of the molecule is Cn1cc(C(=O)O)c(=O)c2c3ccccc3ccc21. The van der Waals surface area contributed by atoms with Gasteiger partial charge in [-0.3, -0.25) is 4.79 Å². The zero-order valence-electron chi connectivity index (χ0n) is 10.3. The van der Waals surface area contributed by atoms with Crippen LogP contribution in [-0.4, -0.2) is 15.6 Å². The molecule has 0 aliphatic carbocycles. The lowest BCUT2D eigenvalue weighted by atomic mass is 10.0. The number of rotatable bonds is 1. The summed E-state index contributed by atoms with van der Waals surface area (Å²) in [6, 6.07) is 11.2. The summed E-state index contributed by atoms with van der Waals surface area (Å²) in [5, 5.41) is 11.3. The Kier molecular flexibility index (Phi) is 2.38. The van der Waals surface area contributed by atoms with Crippen LogP contribution in [0.3, 0.4) is 0 Å². The smallest absolute Gasteiger partial charge is 0.341 e. The van der Waals surface area contributed by atoms with Crippen LogP contribution in [0.2, 0.25) is 0 Å². The summed E-state index contributed by atoms with van der Waals surface area (Å²) < 4.78 is 1.67. The lowest BCUT2D eigenvalue weighted by molar-refractivity contribution is 0.0695. The number of hydrogen-bond acceptors (Lipinski definition) is 2. The first-order valence-corrected chi connectivity index (χ1v) is 5.84. The van der Waals surface area contributed by atoms with Gasteiger partial charge in [-0.15, -0.1) is 0 Å².